The third-order valence-electron chi connectivity index (χ3n) is 6.74. The molecule has 3 amide bonds. The first-order chi connectivity index (χ1) is 17.5. The molecule has 2 aliphatic rings. The highest BCUT2D eigenvalue weighted by Crippen LogP contribution is 2.17. The van der Waals surface area contributed by atoms with Crippen molar-refractivity contribution in [1.29, 1.82) is 0 Å². The second-order valence-electron chi connectivity index (χ2n) is 10.3. The molecule has 0 spiro atoms. The van der Waals surface area contributed by atoms with Gasteiger partial charge in [-0.15, -0.1) is 0 Å². The number of nitrogens with zero attached hydrogens (tertiary/aromatic N) is 5. The van der Waals surface area contributed by atoms with E-state index in [1.54, 1.807) is 35.9 Å². The minimum absolute atomic E-state index is 0.147. The van der Waals surface area contributed by atoms with Gasteiger partial charge in [-0.05, 0) is 44.0 Å². The molecule has 200 valence electrons. The summed E-state index contributed by atoms with van der Waals surface area (Å²) in [5.41, 5.74) is 11.8. The first-order valence-corrected chi connectivity index (χ1v) is 12.5. The molecule has 2 fully saturated rings. The van der Waals surface area contributed by atoms with Gasteiger partial charge in [-0.25, -0.2) is 14.0 Å². The van der Waals surface area contributed by atoms with E-state index in [0.29, 0.717) is 51.4 Å². The van der Waals surface area contributed by atoms with Crippen LogP contribution < -0.4 is 22.5 Å². The number of halogens is 1. The van der Waals surface area contributed by atoms with Gasteiger partial charge in [0.1, 0.15) is 12.0 Å². The van der Waals surface area contributed by atoms with Gasteiger partial charge in [0.15, 0.2) is 0 Å². The minimum atomic E-state index is -1.02. The average Bonchev–Trinajstić information content (AvgIpc) is 2.86. The van der Waals surface area contributed by atoms with Crippen molar-refractivity contribution in [3.8, 4) is 5.69 Å². The van der Waals surface area contributed by atoms with Crippen LogP contribution in [0.4, 0.5) is 15.0 Å². The fourth-order valence-electron chi connectivity index (χ4n) is 4.53. The van der Waals surface area contributed by atoms with E-state index in [1.165, 1.54) is 4.57 Å². The Labute approximate surface area is 215 Å². The Balaban J connectivity index is 1.32. The number of carbonyl (C=O) groups excluding carboxylic acids is 2. The molecule has 11 nitrogen and oxygen atoms in total. The second kappa shape index (κ2) is 11.0. The van der Waals surface area contributed by atoms with Gasteiger partial charge in [0.05, 0.1) is 11.2 Å². The lowest BCUT2D eigenvalue weighted by Gasteiger charge is -2.37. The lowest BCUT2D eigenvalue weighted by Crippen LogP contribution is -2.58. The molecule has 2 atom stereocenters. The number of piperidine rings is 1. The number of nitrogens with one attached hydrogen (secondary N) is 1. The van der Waals surface area contributed by atoms with Crippen LogP contribution in [0.2, 0.25) is 0 Å². The van der Waals surface area contributed by atoms with Gasteiger partial charge >= 0.3 is 11.7 Å². The lowest BCUT2D eigenvalue weighted by atomic mass is 10.0. The SMILES string of the molecule is CC(C)(N)C(=O)N1CCN(C(=O)Nc2ccn(-c3ccc(CN4CCC(N)[C@H](F)C4)cc3)c(=O)n2)CC1. The van der Waals surface area contributed by atoms with Gasteiger partial charge in [0.25, 0.3) is 0 Å². The number of likely N-dealkylation sites (tertiary alicyclic amines) is 1. The molecular weight excluding hydrogens is 479 g/mol. The maximum atomic E-state index is 13.9. The van der Waals surface area contributed by atoms with E-state index in [0.717, 1.165) is 12.1 Å². The van der Waals surface area contributed by atoms with Gasteiger partial charge in [0, 0.05) is 58.1 Å². The van der Waals surface area contributed by atoms with Gasteiger partial charge < -0.3 is 21.3 Å². The van der Waals surface area contributed by atoms with Crippen molar-refractivity contribution in [2.75, 3.05) is 44.6 Å². The molecule has 12 heteroatoms. The van der Waals surface area contributed by atoms with Crippen LogP contribution in [-0.2, 0) is 11.3 Å². The van der Waals surface area contributed by atoms with Crippen molar-refractivity contribution in [3.05, 3.63) is 52.6 Å². The number of rotatable bonds is 5. The fourth-order valence-corrected chi connectivity index (χ4v) is 4.53. The third kappa shape index (κ3) is 6.51. The first-order valence-electron chi connectivity index (χ1n) is 12.5. The molecule has 0 bridgehead atoms. The zero-order valence-corrected chi connectivity index (χ0v) is 21.3. The third-order valence-corrected chi connectivity index (χ3v) is 6.74. The number of amides is 3. The van der Waals surface area contributed by atoms with Crippen molar-refractivity contribution in [2.45, 2.75) is 44.6 Å². The molecule has 37 heavy (non-hydrogen) atoms. The lowest BCUT2D eigenvalue weighted by molar-refractivity contribution is -0.137. The summed E-state index contributed by atoms with van der Waals surface area (Å²) in [4.78, 5) is 46.9. The number of nitrogens with two attached hydrogens (primary N) is 2. The molecule has 0 aliphatic carbocycles. The summed E-state index contributed by atoms with van der Waals surface area (Å²) in [7, 11) is 0. The Morgan fingerprint density at radius 1 is 1.08 bits per heavy atom. The van der Waals surface area contributed by atoms with E-state index < -0.39 is 23.4 Å². The highest BCUT2D eigenvalue weighted by atomic mass is 19.1. The Morgan fingerprint density at radius 2 is 1.73 bits per heavy atom. The van der Waals surface area contributed by atoms with Crippen LogP contribution in [-0.4, -0.2) is 93.2 Å². The van der Waals surface area contributed by atoms with Crippen LogP contribution in [0.5, 0.6) is 0 Å². The predicted molar refractivity (Wildman–Crippen MR) is 138 cm³/mol. The standard InChI is InChI=1S/C25H35FN8O3/c1-25(2,28)22(35)32-11-13-33(14-12-32)23(36)29-21-8-10-34(24(37)30-21)18-5-3-17(4-6-18)15-31-9-7-20(27)19(26)16-31/h3-6,8,10,19-20H,7,9,11-16,27-28H2,1-2H3,(H,29,30,36,37)/t19-,20?/m1/s1. The van der Waals surface area contributed by atoms with Gasteiger partial charge in [-0.3, -0.25) is 19.6 Å². The predicted octanol–water partition coefficient (Wildman–Crippen LogP) is 0.517. The summed E-state index contributed by atoms with van der Waals surface area (Å²) in [6.07, 6.45) is 1.17. The number of urea groups is 1. The number of hydrogen-bond donors (Lipinski definition) is 3. The zero-order chi connectivity index (χ0) is 26.7. The number of hydrogen-bond acceptors (Lipinski definition) is 7. The van der Waals surface area contributed by atoms with E-state index >= 15 is 0 Å². The number of anilines is 1. The quantitative estimate of drug-likeness (QED) is 0.528. The Morgan fingerprint density at radius 3 is 2.32 bits per heavy atom. The molecule has 2 aliphatic heterocycles. The van der Waals surface area contributed by atoms with Crippen molar-refractivity contribution in [2.24, 2.45) is 11.5 Å². The van der Waals surface area contributed by atoms with Crippen molar-refractivity contribution in [1.82, 2.24) is 24.3 Å². The largest absolute Gasteiger partial charge is 0.354 e. The van der Waals surface area contributed by atoms with Gasteiger partial charge in [-0.2, -0.15) is 4.98 Å². The van der Waals surface area contributed by atoms with Crippen LogP contribution in [0.25, 0.3) is 5.69 Å². The second-order valence-corrected chi connectivity index (χ2v) is 10.3. The van der Waals surface area contributed by atoms with Crippen molar-refractivity contribution >= 4 is 17.8 Å². The summed E-state index contributed by atoms with van der Waals surface area (Å²) in [6, 6.07) is 8.19. The minimum Gasteiger partial charge on any atom is -0.338 e. The van der Waals surface area contributed by atoms with Crippen LogP contribution in [0.3, 0.4) is 0 Å². The molecule has 1 aromatic carbocycles. The van der Waals surface area contributed by atoms with Crippen LogP contribution >= 0.6 is 0 Å². The topological polar surface area (TPSA) is 143 Å². The maximum absolute atomic E-state index is 13.9. The van der Waals surface area contributed by atoms with Gasteiger partial charge in [-0.1, -0.05) is 12.1 Å². The molecule has 2 saturated heterocycles. The van der Waals surface area contributed by atoms with E-state index in [4.69, 9.17) is 11.5 Å². The molecule has 2 aromatic rings. The number of aromatic nitrogens is 2. The van der Waals surface area contributed by atoms with E-state index in [9.17, 15) is 18.8 Å². The highest BCUT2D eigenvalue weighted by molar-refractivity contribution is 5.89. The Kier molecular flexibility index (Phi) is 7.90. The van der Waals surface area contributed by atoms with E-state index in [1.807, 2.05) is 29.2 Å². The van der Waals surface area contributed by atoms with Crippen LogP contribution in [0, 0.1) is 0 Å². The number of benzene rings is 1. The molecule has 5 N–H and O–H groups in total. The van der Waals surface area contributed by atoms with Crippen molar-refractivity contribution < 1.29 is 14.0 Å². The van der Waals surface area contributed by atoms with Crippen LogP contribution in [0.15, 0.2) is 41.3 Å². The Bertz CT molecular complexity index is 1170. The number of piperazine rings is 1. The first kappa shape index (κ1) is 26.7. The summed E-state index contributed by atoms with van der Waals surface area (Å²) < 4.78 is 15.3. The number of alkyl halides is 1. The highest BCUT2D eigenvalue weighted by Gasteiger charge is 2.31. The molecule has 0 saturated carbocycles. The van der Waals surface area contributed by atoms with Gasteiger partial charge in [0.2, 0.25) is 5.91 Å². The van der Waals surface area contributed by atoms with E-state index in [2.05, 4.69) is 10.3 Å². The molecule has 1 aromatic heterocycles. The maximum Gasteiger partial charge on any atom is 0.354 e. The molecule has 1 unspecified atom stereocenters. The molecule has 0 radical (unpaired) electrons. The monoisotopic (exact) mass is 514 g/mol. The smallest absolute Gasteiger partial charge is 0.338 e. The van der Waals surface area contributed by atoms with Crippen molar-refractivity contribution in [3.63, 3.8) is 0 Å². The Hall–Kier alpha value is -3.35. The molecular formula is C25H35FN8O3. The average molecular weight is 515 g/mol. The molecule has 3 heterocycles. The van der Waals surface area contributed by atoms with E-state index in [-0.39, 0.29) is 17.8 Å². The number of carbonyl (C=O) groups is 2. The normalized spacial score (nSPS) is 21.1. The molecule has 4 rings (SSSR count). The summed E-state index contributed by atoms with van der Waals surface area (Å²) in [6.45, 7) is 6.47. The fraction of sp³-hybridized carbons (Fsp3) is 0.520. The summed E-state index contributed by atoms with van der Waals surface area (Å²) in [5.74, 6) is -0.0101. The van der Waals surface area contributed by atoms with Crippen LogP contribution in [0.1, 0.15) is 25.8 Å². The summed E-state index contributed by atoms with van der Waals surface area (Å²) >= 11 is 0. The summed E-state index contributed by atoms with van der Waals surface area (Å²) in [5, 5.41) is 2.66. The zero-order valence-electron chi connectivity index (χ0n) is 21.3.